The first kappa shape index (κ1) is 15.0. The summed E-state index contributed by atoms with van der Waals surface area (Å²) < 4.78 is 5.70. The third-order valence-electron chi connectivity index (χ3n) is 3.29. The van der Waals surface area contributed by atoms with E-state index in [0.29, 0.717) is 0 Å². The van der Waals surface area contributed by atoms with Gasteiger partial charge in [-0.25, -0.2) is 0 Å². The van der Waals surface area contributed by atoms with E-state index in [2.05, 4.69) is 26.0 Å². The number of unbranched alkanes of at least 4 members (excludes halogenated alkanes) is 1. The molecule has 0 aliphatic rings. The lowest BCUT2D eigenvalue weighted by molar-refractivity contribution is 0.499. The molecular weight excluding hydrogens is 267 g/mol. The SMILES string of the molecule is CCCCc1cc(OP(O)c2ccccc2)ccc1C. The first-order chi connectivity index (χ1) is 9.70. The third kappa shape index (κ3) is 4.06. The van der Waals surface area contributed by atoms with Gasteiger partial charge in [0, 0.05) is 5.30 Å². The van der Waals surface area contributed by atoms with Crippen molar-refractivity contribution in [2.24, 2.45) is 0 Å². The van der Waals surface area contributed by atoms with E-state index < -0.39 is 8.38 Å². The summed E-state index contributed by atoms with van der Waals surface area (Å²) in [5.41, 5.74) is 2.59. The fourth-order valence-electron chi connectivity index (χ4n) is 2.05. The molecule has 1 atom stereocenters. The average Bonchev–Trinajstić information content (AvgIpc) is 2.48. The zero-order valence-electron chi connectivity index (χ0n) is 12.0. The zero-order chi connectivity index (χ0) is 14.4. The molecule has 0 saturated heterocycles. The fraction of sp³-hybridized carbons (Fsp3) is 0.294. The summed E-state index contributed by atoms with van der Waals surface area (Å²) in [6.45, 7) is 4.31. The highest BCUT2D eigenvalue weighted by atomic mass is 31.2. The minimum Gasteiger partial charge on any atom is -0.444 e. The molecule has 2 nitrogen and oxygen atoms in total. The number of aryl methyl sites for hydroxylation is 2. The molecular formula is C17H21O2P. The normalized spacial score (nSPS) is 12.2. The van der Waals surface area contributed by atoms with Gasteiger partial charge in [-0.3, -0.25) is 0 Å². The largest absolute Gasteiger partial charge is 0.444 e. The molecule has 0 spiro atoms. The second-order valence-corrected chi connectivity index (χ2v) is 6.14. The number of rotatable bonds is 6. The van der Waals surface area contributed by atoms with E-state index in [9.17, 15) is 4.89 Å². The van der Waals surface area contributed by atoms with Crippen molar-refractivity contribution in [3.05, 3.63) is 59.7 Å². The molecule has 2 aromatic rings. The Labute approximate surface area is 122 Å². The molecule has 1 unspecified atom stereocenters. The van der Waals surface area contributed by atoms with Crippen molar-refractivity contribution in [3.63, 3.8) is 0 Å². The van der Waals surface area contributed by atoms with Crippen LogP contribution >= 0.6 is 8.38 Å². The monoisotopic (exact) mass is 288 g/mol. The van der Waals surface area contributed by atoms with E-state index in [-0.39, 0.29) is 0 Å². The van der Waals surface area contributed by atoms with E-state index in [1.807, 2.05) is 36.4 Å². The van der Waals surface area contributed by atoms with E-state index in [1.54, 1.807) is 0 Å². The van der Waals surface area contributed by atoms with Crippen LogP contribution in [0.3, 0.4) is 0 Å². The summed E-state index contributed by atoms with van der Waals surface area (Å²) >= 11 is 0. The summed E-state index contributed by atoms with van der Waals surface area (Å²) in [4.78, 5) is 10.2. The molecule has 0 radical (unpaired) electrons. The van der Waals surface area contributed by atoms with Gasteiger partial charge >= 0.3 is 0 Å². The van der Waals surface area contributed by atoms with Gasteiger partial charge in [0.15, 0.2) is 0 Å². The van der Waals surface area contributed by atoms with Gasteiger partial charge in [-0.15, -0.1) is 0 Å². The molecule has 3 heteroatoms. The van der Waals surface area contributed by atoms with Crippen molar-refractivity contribution in [3.8, 4) is 5.75 Å². The summed E-state index contributed by atoms with van der Waals surface area (Å²) in [5.74, 6) is 0.749. The third-order valence-corrected chi connectivity index (χ3v) is 4.41. The smallest absolute Gasteiger partial charge is 0.262 e. The Hall–Kier alpha value is -1.37. The van der Waals surface area contributed by atoms with Crippen molar-refractivity contribution >= 4 is 13.7 Å². The van der Waals surface area contributed by atoms with E-state index >= 15 is 0 Å². The molecule has 0 aliphatic carbocycles. The van der Waals surface area contributed by atoms with Gasteiger partial charge in [-0.1, -0.05) is 37.6 Å². The first-order valence-corrected chi connectivity index (χ1v) is 8.23. The van der Waals surface area contributed by atoms with Crippen LogP contribution < -0.4 is 9.83 Å². The van der Waals surface area contributed by atoms with Crippen molar-refractivity contribution in [1.82, 2.24) is 0 Å². The van der Waals surface area contributed by atoms with Gasteiger partial charge in [-0.2, -0.15) is 0 Å². The Morgan fingerprint density at radius 1 is 1.10 bits per heavy atom. The predicted molar refractivity (Wildman–Crippen MR) is 85.6 cm³/mol. The minimum absolute atomic E-state index is 0.749. The fourth-order valence-corrected chi connectivity index (χ4v) is 2.90. The molecule has 0 heterocycles. The van der Waals surface area contributed by atoms with Crippen LogP contribution in [0.5, 0.6) is 5.75 Å². The van der Waals surface area contributed by atoms with E-state index in [4.69, 9.17) is 4.52 Å². The molecule has 106 valence electrons. The van der Waals surface area contributed by atoms with Crippen LogP contribution in [-0.2, 0) is 6.42 Å². The van der Waals surface area contributed by atoms with Crippen LogP contribution in [0.1, 0.15) is 30.9 Å². The summed E-state index contributed by atoms with van der Waals surface area (Å²) in [5, 5.41) is 0.832. The summed E-state index contributed by atoms with van der Waals surface area (Å²) in [6, 6.07) is 15.6. The summed E-state index contributed by atoms with van der Waals surface area (Å²) in [6.07, 6.45) is 3.42. The minimum atomic E-state index is -1.59. The van der Waals surface area contributed by atoms with Gasteiger partial charge in [0.2, 0.25) is 0 Å². The van der Waals surface area contributed by atoms with Crippen LogP contribution in [0.4, 0.5) is 0 Å². The molecule has 2 aromatic carbocycles. The maximum absolute atomic E-state index is 10.2. The maximum atomic E-state index is 10.2. The van der Waals surface area contributed by atoms with Gasteiger partial charge in [-0.05, 0) is 55.2 Å². The number of hydrogen-bond acceptors (Lipinski definition) is 2. The second kappa shape index (κ2) is 7.42. The molecule has 0 bridgehead atoms. The van der Waals surface area contributed by atoms with Crippen LogP contribution in [0.15, 0.2) is 48.5 Å². The Morgan fingerprint density at radius 2 is 1.85 bits per heavy atom. The Kier molecular flexibility index (Phi) is 5.58. The zero-order valence-corrected chi connectivity index (χ0v) is 12.9. The molecule has 0 aromatic heterocycles. The highest BCUT2D eigenvalue weighted by Gasteiger charge is 2.11. The van der Waals surface area contributed by atoms with Gasteiger partial charge in [0.05, 0.1) is 0 Å². The van der Waals surface area contributed by atoms with Gasteiger partial charge < -0.3 is 9.42 Å². The standard InChI is InChI=1S/C17H21O2P/c1-3-4-8-15-13-16(12-11-14(15)2)19-20(18)17-9-6-5-7-10-17/h5-7,9-13,18H,3-4,8H2,1-2H3. The Bertz CT molecular complexity index is 540. The van der Waals surface area contributed by atoms with Crippen molar-refractivity contribution in [2.45, 2.75) is 33.1 Å². The molecule has 2 rings (SSSR count). The second-order valence-electron chi connectivity index (χ2n) is 4.89. The van der Waals surface area contributed by atoms with Crippen molar-refractivity contribution in [1.29, 1.82) is 0 Å². The van der Waals surface area contributed by atoms with Crippen molar-refractivity contribution in [2.75, 3.05) is 0 Å². The number of hydrogen-bond donors (Lipinski definition) is 1. The van der Waals surface area contributed by atoms with E-state index in [0.717, 1.165) is 17.5 Å². The average molecular weight is 288 g/mol. The molecule has 0 amide bonds. The molecule has 0 saturated carbocycles. The highest BCUT2D eigenvalue weighted by Crippen LogP contribution is 2.33. The van der Waals surface area contributed by atoms with Gasteiger partial charge in [0.1, 0.15) is 5.75 Å². The number of benzene rings is 2. The molecule has 0 fully saturated rings. The summed E-state index contributed by atoms with van der Waals surface area (Å²) in [7, 11) is -1.59. The molecule has 0 aliphatic heterocycles. The van der Waals surface area contributed by atoms with Gasteiger partial charge in [0.25, 0.3) is 8.38 Å². The van der Waals surface area contributed by atoms with Crippen LogP contribution in [0, 0.1) is 6.92 Å². The quantitative estimate of drug-likeness (QED) is 0.801. The van der Waals surface area contributed by atoms with Crippen molar-refractivity contribution < 1.29 is 9.42 Å². The Morgan fingerprint density at radius 3 is 2.55 bits per heavy atom. The lowest BCUT2D eigenvalue weighted by atomic mass is 10.0. The molecule has 20 heavy (non-hydrogen) atoms. The van der Waals surface area contributed by atoms with Crippen LogP contribution in [0.25, 0.3) is 0 Å². The Balaban J connectivity index is 2.09. The lowest BCUT2D eigenvalue weighted by Gasteiger charge is -2.14. The van der Waals surface area contributed by atoms with E-state index in [1.165, 1.54) is 24.0 Å². The first-order valence-electron chi connectivity index (χ1n) is 7.02. The van der Waals surface area contributed by atoms with Crippen LogP contribution in [-0.4, -0.2) is 4.89 Å². The molecule has 1 N–H and O–H groups in total. The lowest BCUT2D eigenvalue weighted by Crippen LogP contribution is -2.04. The maximum Gasteiger partial charge on any atom is 0.262 e. The predicted octanol–water partition coefficient (Wildman–Crippen LogP) is 4.35. The topological polar surface area (TPSA) is 29.5 Å². The van der Waals surface area contributed by atoms with Crippen LogP contribution in [0.2, 0.25) is 0 Å². The highest BCUT2D eigenvalue weighted by molar-refractivity contribution is 7.55.